The number of nitriles is 2. The third-order valence-electron chi connectivity index (χ3n) is 2.79. The summed E-state index contributed by atoms with van der Waals surface area (Å²) in [6, 6.07) is 12.6. The second-order valence-corrected chi connectivity index (χ2v) is 4.14. The smallest absolute Gasteiger partial charge is 0.271 e. The van der Waals surface area contributed by atoms with Gasteiger partial charge in [0.25, 0.3) is 5.69 Å². The average molecular weight is 279 g/mol. The Kier molecular flexibility index (Phi) is 3.69. The average Bonchev–Trinajstić information content (AvgIpc) is 2.48. The highest BCUT2D eigenvalue weighted by atomic mass is 16.6. The predicted molar refractivity (Wildman–Crippen MR) is 76.7 cm³/mol. The van der Waals surface area contributed by atoms with Gasteiger partial charge in [0.2, 0.25) is 0 Å². The molecule has 0 saturated carbocycles. The van der Waals surface area contributed by atoms with E-state index in [4.69, 9.17) is 16.3 Å². The van der Waals surface area contributed by atoms with Gasteiger partial charge in [0, 0.05) is 17.8 Å². The number of nitrogens with two attached hydrogens (primary N) is 1. The van der Waals surface area contributed by atoms with Crippen molar-refractivity contribution in [3.8, 4) is 12.1 Å². The van der Waals surface area contributed by atoms with Crippen molar-refractivity contribution in [2.24, 2.45) is 0 Å². The molecule has 2 aromatic rings. The topological polar surface area (TPSA) is 129 Å². The molecule has 0 aliphatic carbocycles. The molecule has 0 aromatic heterocycles. The first-order valence-corrected chi connectivity index (χ1v) is 5.80. The molecule has 0 bridgehead atoms. The summed E-state index contributed by atoms with van der Waals surface area (Å²) in [5.74, 6) is 0. The van der Waals surface area contributed by atoms with Crippen LogP contribution in [0.3, 0.4) is 0 Å². The van der Waals surface area contributed by atoms with Crippen LogP contribution in [-0.4, -0.2) is 4.92 Å². The molecule has 7 nitrogen and oxygen atoms in total. The third-order valence-corrected chi connectivity index (χ3v) is 2.79. The van der Waals surface area contributed by atoms with E-state index >= 15 is 0 Å². The zero-order valence-corrected chi connectivity index (χ0v) is 10.7. The molecule has 0 fully saturated rings. The normalized spacial score (nSPS) is 9.43. The molecule has 2 rings (SSSR count). The van der Waals surface area contributed by atoms with Crippen LogP contribution in [0.2, 0.25) is 0 Å². The maximum absolute atomic E-state index is 10.6. The van der Waals surface area contributed by atoms with E-state index in [-0.39, 0.29) is 22.5 Å². The number of anilines is 3. The summed E-state index contributed by atoms with van der Waals surface area (Å²) in [7, 11) is 0. The molecule has 2 aromatic carbocycles. The standard InChI is InChI=1S/C14H9N5O2/c15-7-9-1-2-11(5-10(9)8-16)18-14-4-3-12(19(20)21)6-13(14)17/h1-6,18H,17H2. The second kappa shape index (κ2) is 5.59. The van der Waals surface area contributed by atoms with Crippen LogP contribution in [0.1, 0.15) is 11.1 Å². The molecule has 7 heteroatoms. The zero-order chi connectivity index (χ0) is 15.4. The lowest BCUT2D eigenvalue weighted by atomic mass is 10.1. The maximum atomic E-state index is 10.6. The van der Waals surface area contributed by atoms with E-state index in [0.717, 1.165) is 0 Å². The van der Waals surface area contributed by atoms with E-state index in [1.807, 2.05) is 12.1 Å². The maximum Gasteiger partial charge on any atom is 0.271 e. The lowest BCUT2D eigenvalue weighted by Crippen LogP contribution is -1.98. The van der Waals surface area contributed by atoms with Crippen LogP contribution in [0, 0.1) is 32.8 Å². The van der Waals surface area contributed by atoms with E-state index in [9.17, 15) is 10.1 Å². The van der Waals surface area contributed by atoms with Gasteiger partial charge in [0.05, 0.1) is 27.4 Å². The number of hydrogen-bond acceptors (Lipinski definition) is 6. The van der Waals surface area contributed by atoms with Crippen molar-refractivity contribution in [1.29, 1.82) is 10.5 Å². The number of nitro benzene ring substituents is 1. The highest BCUT2D eigenvalue weighted by Crippen LogP contribution is 2.27. The van der Waals surface area contributed by atoms with Crippen LogP contribution < -0.4 is 11.1 Å². The van der Waals surface area contributed by atoms with Crippen LogP contribution >= 0.6 is 0 Å². The first-order chi connectivity index (χ1) is 10.0. The highest BCUT2D eigenvalue weighted by Gasteiger charge is 2.09. The first-order valence-electron chi connectivity index (χ1n) is 5.80. The fourth-order valence-corrected chi connectivity index (χ4v) is 1.75. The Labute approximate surface area is 120 Å². The van der Waals surface area contributed by atoms with Crippen molar-refractivity contribution in [1.82, 2.24) is 0 Å². The van der Waals surface area contributed by atoms with Gasteiger partial charge in [-0.2, -0.15) is 10.5 Å². The Hall–Kier alpha value is -3.58. The van der Waals surface area contributed by atoms with E-state index < -0.39 is 4.92 Å². The predicted octanol–water partition coefficient (Wildman–Crippen LogP) is 2.66. The minimum atomic E-state index is -0.532. The van der Waals surface area contributed by atoms with Crippen LogP contribution in [0.4, 0.5) is 22.7 Å². The summed E-state index contributed by atoms with van der Waals surface area (Å²) in [4.78, 5) is 10.1. The quantitative estimate of drug-likeness (QED) is 0.504. The number of nitrogens with one attached hydrogen (secondary N) is 1. The lowest BCUT2D eigenvalue weighted by Gasteiger charge is -2.09. The van der Waals surface area contributed by atoms with Gasteiger partial charge in [0.1, 0.15) is 12.1 Å². The fraction of sp³-hybridized carbons (Fsp3) is 0. The summed E-state index contributed by atoms with van der Waals surface area (Å²) in [5.41, 5.74) is 7.42. The molecule has 0 aliphatic rings. The van der Waals surface area contributed by atoms with E-state index in [1.54, 1.807) is 6.07 Å². The Balaban J connectivity index is 2.33. The Bertz CT molecular complexity index is 802. The zero-order valence-electron chi connectivity index (χ0n) is 10.7. The van der Waals surface area contributed by atoms with Gasteiger partial charge in [-0.15, -0.1) is 0 Å². The molecular formula is C14H9N5O2. The molecule has 0 saturated heterocycles. The van der Waals surface area contributed by atoms with Crippen molar-refractivity contribution in [3.63, 3.8) is 0 Å². The second-order valence-electron chi connectivity index (χ2n) is 4.14. The van der Waals surface area contributed by atoms with Crippen molar-refractivity contribution >= 4 is 22.7 Å². The monoisotopic (exact) mass is 279 g/mol. The van der Waals surface area contributed by atoms with Crippen LogP contribution in [-0.2, 0) is 0 Å². The van der Waals surface area contributed by atoms with Crippen molar-refractivity contribution in [2.45, 2.75) is 0 Å². The van der Waals surface area contributed by atoms with Crippen molar-refractivity contribution in [3.05, 3.63) is 57.6 Å². The summed E-state index contributed by atoms with van der Waals surface area (Å²) in [6.45, 7) is 0. The Morgan fingerprint density at radius 3 is 2.38 bits per heavy atom. The van der Waals surface area contributed by atoms with Crippen molar-refractivity contribution in [2.75, 3.05) is 11.1 Å². The summed E-state index contributed by atoms with van der Waals surface area (Å²) in [6.07, 6.45) is 0. The van der Waals surface area contributed by atoms with Gasteiger partial charge in [-0.05, 0) is 24.3 Å². The van der Waals surface area contributed by atoms with Gasteiger partial charge in [-0.1, -0.05) is 0 Å². The molecule has 0 spiro atoms. The van der Waals surface area contributed by atoms with Gasteiger partial charge in [-0.25, -0.2) is 0 Å². The lowest BCUT2D eigenvalue weighted by molar-refractivity contribution is -0.384. The van der Waals surface area contributed by atoms with Gasteiger partial charge < -0.3 is 11.1 Å². The molecule has 0 aliphatic heterocycles. The highest BCUT2D eigenvalue weighted by molar-refractivity contribution is 5.75. The molecule has 0 radical (unpaired) electrons. The van der Waals surface area contributed by atoms with Crippen molar-refractivity contribution < 1.29 is 4.92 Å². The van der Waals surface area contributed by atoms with E-state index in [0.29, 0.717) is 11.4 Å². The summed E-state index contributed by atoms with van der Waals surface area (Å²) in [5, 5.41) is 31.4. The minimum absolute atomic E-state index is 0.101. The molecule has 0 heterocycles. The van der Waals surface area contributed by atoms with Gasteiger partial charge in [0.15, 0.2) is 0 Å². The molecular weight excluding hydrogens is 270 g/mol. The molecule has 0 unspecified atom stereocenters. The number of nitrogen functional groups attached to an aromatic ring is 1. The van der Waals surface area contributed by atoms with Crippen LogP contribution in [0.15, 0.2) is 36.4 Å². The molecule has 0 atom stereocenters. The Morgan fingerprint density at radius 1 is 1.10 bits per heavy atom. The summed E-state index contributed by atoms with van der Waals surface area (Å²) < 4.78 is 0. The largest absolute Gasteiger partial charge is 0.397 e. The number of rotatable bonds is 3. The van der Waals surface area contributed by atoms with E-state index in [2.05, 4.69) is 5.32 Å². The minimum Gasteiger partial charge on any atom is -0.397 e. The van der Waals surface area contributed by atoms with Crippen LogP contribution in [0.25, 0.3) is 0 Å². The molecule has 3 N–H and O–H groups in total. The number of nitro groups is 1. The van der Waals surface area contributed by atoms with Crippen LogP contribution in [0.5, 0.6) is 0 Å². The number of nitrogens with zero attached hydrogens (tertiary/aromatic N) is 3. The first kappa shape index (κ1) is 13.8. The third kappa shape index (κ3) is 2.88. The number of benzene rings is 2. The van der Waals surface area contributed by atoms with Gasteiger partial charge in [-0.3, -0.25) is 10.1 Å². The SMILES string of the molecule is N#Cc1ccc(Nc2ccc([N+](=O)[O-])cc2N)cc1C#N. The number of non-ortho nitro benzene ring substituents is 1. The number of hydrogen-bond donors (Lipinski definition) is 2. The van der Waals surface area contributed by atoms with E-state index in [1.165, 1.54) is 30.3 Å². The van der Waals surface area contributed by atoms with Gasteiger partial charge >= 0.3 is 0 Å². The molecule has 21 heavy (non-hydrogen) atoms. The fourth-order valence-electron chi connectivity index (χ4n) is 1.75. The summed E-state index contributed by atoms with van der Waals surface area (Å²) >= 11 is 0. The molecule has 102 valence electrons. The Morgan fingerprint density at radius 2 is 1.81 bits per heavy atom. The molecule has 0 amide bonds.